The maximum Gasteiger partial charge on any atom is 0.313 e. The second kappa shape index (κ2) is 8.30. The van der Waals surface area contributed by atoms with E-state index >= 15 is 0 Å². The number of nitrogens with one attached hydrogen (secondary N) is 2. The molecule has 0 fully saturated rings. The zero-order valence-corrected chi connectivity index (χ0v) is 15.5. The molecule has 2 heterocycles. The van der Waals surface area contributed by atoms with Gasteiger partial charge in [-0.05, 0) is 25.1 Å². The number of rotatable bonds is 6. The number of ketones is 1. The third kappa shape index (κ3) is 4.32. The molecule has 28 heavy (non-hydrogen) atoms. The monoisotopic (exact) mass is 380 g/mol. The van der Waals surface area contributed by atoms with E-state index < -0.39 is 11.8 Å². The van der Waals surface area contributed by atoms with Crippen molar-refractivity contribution in [2.24, 2.45) is 7.05 Å². The molecule has 144 valence electrons. The standard InChI is InChI=1S/C19H20N6O3/c1-13-6-7-22-25(13)11-9-21-18(27)19(28)23-15-5-3-4-14(12-15)16(26)17-20-8-10-24(17)2/h3-8,10,12H,9,11H2,1-2H3,(H,21,27)(H,23,28). The molecule has 1 aromatic carbocycles. The van der Waals surface area contributed by atoms with E-state index in [2.05, 4.69) is 20.7 Å². The Balaban J connectivity index is 1.58. The molecule has 0 radical (unpaired) electrons. The van der Waals surface area contributed by atoms with Crippen LogP contribution in [0.2, 0.25) is 0 Å². The first kappa shape index (κ1) is 19.0. The summed E-state index contributed by atoms with van der Waals surface area (Å²) < 4.78 is 3.34. The van der Waals surface area contributed by atoms with Gasteiger partial charge >= 0.3 is 11.8 Å². The Morgan fingerprint density at radius 3 is 2.61 bits per heavy atom. The van der Waals surface area contributed by atoms with Gasteiger partial charge in [0.25, 0.3) is 0 Å². The zero-order valence-electron chi connectivity index (χ0n) is 15.5. The van der Waals surface area contributed by atoms with E-state index in [0.29, 0.717) is 17.8 Å². The summed E-state index contributed by atoms with van der Waals surface area (Å²) >= 11 is 0. The van der Waals surface area contributed by atoms with E-state index in [1.807, 2.05) is 13.0 Å². The van der Waals surface area contributed by atoms with Crippen molar-refractivity contribution in [3.63, 3.8) is 0 Å². The Bertz CT molecular complexity index is 1020. The van der Waals surface area contributed by atoms with Crippen molar-refractivity contribution in [2.75, 3.05) is 11.9 Å². The predicted octanol–water partition coefficient (Wildman–Crippen LogP) is 0.911. The number of nitrogens with zero attached hydrogens (tertiary/aromatic N) is 4. The van der Waals surface area contributed by atoms with Crippen LogP contribution in [0, 0.1) is 6.92 Å². The van der Waals surface area contributed by atoms with Crippen LogP contribution in [-0.4, -0.2) is 43.5 Å². The molecular weight excluding hydrogens is 360 g/mol. The van der Waals surface area contributed by atoms with Crippen LogP contribution in [0.5, 0.6) is 0 Å². The molecule has 0 unspecified atom stereocenters. The summed E-state index contributed by atoms with van der Waals surface area (Å²) in [5, 5.41) is 9.15. The molecule has 0 aliphatic heterocycles. The van der Waals surface area contributed by atoms with Crippen LogP contribution in [0.25, 0.3) is 0 Å². The molecule has 2 amide bonds. The summed E-state index contributed by atoms with van der Waals surface area (Å²) in [7, 11) is 1.72. The number of hydrogen-bond donors (Lipinski definition) is 2. The summed E-state index contributed by atoms with van der Waals surface area (Å²) in [5.41, 5.74) is 1.68. The highest BCUT2D eigenvalue weighted by molar-refractivity contribution is 6.39. The van der Waals surface area contributed by atoms with E-state index in [9.17, 15) is 14.4 Å². The highest BCUT2D eigenvalue weighted by Crippen LogP contribution is 2.14. The molecule has 2 N–H and O–H groups in total. The molecule has 0 saturated heterocycles. The maximum absolute atomic E-state index is 12.5. The molecule has 0 aliphatic rings. The van der Waals surface area contributed by atoms with E-state index in [4.69, 9.17) is 0 Å². The predicted molar refractivity (Wildman–Crippen MR) is 102 cm³/mol. The maximum atomic E-state index is 12.5. The first-order chi connectivity index (χ1) is 13.5. The van der Waals surface area contributed by atoms with Gasteiger partial charge in [-0.3, -0.25) is 19.1 Å². The lowest BCUT2D eigenvalue weighted by Crippen LogP contribution is -2.37. The van der Waals surface area contributed by atoms with Gasteiger partial charge in [-0.1, -0.05) is 12.1 Å². The van der Waals surface area contributed by atoms with Crippen molar-refractivity contribution in [3.05, 3.63) is 66.0 Å². The van der Waals surface area contributed by atoms with Crippen LogP contribution in [0.3, 0.4) is 0 Å². The molecule has 0 bridgehead atoms. The average Bonchev–Trinajstić information content (AvgIpc) is 3.29. The lowest BCUT2D eigenvalue weighted by Gasteiger charge is -2.09. The van der Waals surface area contributed by atoms with Crippen LogP contribution < -0.4 is 10.6 Å². The van der Waals surface area contributed by atoms with Crippen molar-refractivity contribution in [2.45, 2.75) is 13.5 Å². The molecule has 0 spiro atoms. The second-order valence-electron chi connectivity index (χ2n) is 6.18. The smallest absolute Gasteiger partial charge is 0.313 e. The van der Waals surface area contributed by atoms with Gasteiger partial charge in [0, 0.05) is 49.1 Å². The van der Waals surface area contributed by atoms with Crippen molar-refractivity contribution in [1.82, 2.24) is 24.6 Å². The summed E-state index contributed by atoms with van der Waals surface area (Å²) in [6.07, 6.45) is 4.88. The first-order valence-electron chi connectivity index (χ1n) is 8.65. The van der Waals surface area contributed by atoms with Crippen molar-refractivity contribution in [1.29, 1.82) is 0 Å². The molecular formula is C19H20N6O3. The number of carbonyl (C=O) groups excluding carboxylic acids is 3. The van der Waals surface area contributed by atoms with Crippen molar-refractivity contribution >= 4 is 23.3 Å². The minimum absolute atomic E-state index is 0.270. The van der Waals surface area contributed by atoms with Gasteiger partial charge in [0.05, 0.1) is 6.54 Å². The Hall–Kier alpha value is -3.75. The summed E-state index contributed by atoms with van der Waals surface area (Å²) in [4.78, 5) is 40.6. The average molecular weight is 380 g/mol. The Kier molecular flexibility index (Phi) is 5.64. The number of amides is 2. The Labute approximate surface area is 161 Å². The van der Waals surface area contributed by atoms with Gasteiger partial charge < -0.3 is 15.2 Å². The highest BCUT2D eigenvalue weighted by atomic mass is 16.2. The molecule has 3 rings (SSSR count). The van der Waals surface area contributed by atoms with E-state index in [0.717, 1.165) is 5.69 Å². The third-order valence-electron chi connectivity index (χ3n) is 4.15. The molecule has 0 saturated carbocycles. The van der Waals surface area contributed by atoms with Crippen LogP contribution >= 0.6 is 0 Å². The number of aromatic nitrogens is 4. The minimum atomic E-state index is -0.807. The molecule has 9 nitrogen and oxygen atoms in total. The SMILES string of the molecule is Cc1ccnn1CCNC(=O)C(=O)Nc1cccc(C(=O)c2nccn2C)c1. The van der Waals surface area contributed by atoms with Crippen LogP contribution in [0.15, 0.2) is 48.9 Å². The van der Waals surface area contributed by atoms with Crippen LogP contribution in [-0.2, 0) is 23.2 Å². The number of anilines is 1. The first-order valence-corrected chi connectivity index (χ1v) is 8.65. The molecule has 9 heteroatoms. The van der Waals surface area contributed by atoms with Gasteiger partial charge in [-0.25, -0.2) is 4.98 Å². The van der Waals surface area contributed by atoms with Gasteiger partial charge in [0.1, 0.15) is 0 Å². The van der Waals surface area contributed by atoms with Crippen molar-refractivity contribution < 1.29 is 14.4 Å². The van der Waals surface area contributed by atoms with Gasteiger partial charge in [0.2, 0.25) is 5.78 Å². The van der Waals surface area contributed by atoms with Gasteiger partial charge in [-0.2, -0.15) is 5.10 Å². The molecule has 0 aliphatic carbocycles. The molecule has 3 aromatic rings. The van der Waals surface area contributed by atoms with Crippen LogP contribution in [0.4, 0.5) is 5.69 Å². The van der Waals surface area contributed by atoms with E-state index in [-0.39, 0.29) is 18.2 Å². The zero-order chi connectivity index (χ0) is 20.1. The normalized spacial score (nSPS) is 10.5. The fraction of sp³-hybridized carbons (Fsp3) is 0.211. The van der Waals surface area contributed by atoms with Gasteiger partial charge in [-0.15, -0.1) is 0 Å². The van der Waals surface area contributed by atoms with Crippen LogP contribution in [0.1, 0.15) is 21.9 Å². The lowest BCUT2D eigenvalue weighted by molar-refractivity contribution is -0.136. The van der Waals surface area contributed by atoms with E-state index in [1.165, 1.54) is 12.3 Å². The summed E-state index contributed by atoms with van der Waals surface area (Å²) in [6, 6.07) is 8.22. The Morgan fingerprint density at radius 2 is 1.93 bits per heavy atom. The topological polar surface area (TPSA) is 111 Å². The fourth-order valence-electron chi connectivity index (χ4n) is 2.63. The number of imidazole rings is 1. The number of hydrogen-bond acceptors (Lipinski definition) is 5. The molecule has 0 atom stereocenters. The summed E-state index contributed by atoms with van der Waals surface area (Å²) in [5.74, 6) is -1.55. The quantitative estimate of drug-likeness (QED) is 0.488. The largest absolute Gasteiger partial charge is 0.346 e. The third-order valence-corrected chi connectivity index (χ3v) is 4.15. The minimum Gasteiger partial charge on any atom is -0.346 e. The highest BCUT2D eigenvalue weighted by Gasteiger charge is 2.16. The Morgan fingerprint density at radius 1 is 1.11 bits per heavy atom. The lowest BCUT2D eigenvalue weighted by atomic mass is 10.1. The number of benzene rings is 1. The fourth-order valence-corrected chi connectivity index (χ4v) is 2.63. The van der Waals surface area contributed by atoms with E-state index in [1.54, 1.807) is 46.9 Å². The van der Waals surface area contributed by atoms with Crippen molar-refractivity contribution in [3.8, 4) is 0 Å². The van der Waals surface area contributed by atoms with Gasteiger partial charge in [0.15, 0.2) is 5.82 Å². The number of aryl methyl sites for hydroxylation is 2. The second-order valence-corrected chi connectivity index (χ2v) is 6.18. The molecule has 2 aromatic heterocycles. The summed E-state index contributed by atoms with van der Waals surface area (Å²) in [6.45, 7) is 2.64. The number of carbonyl (C=O) groups is 3.